The Balaban J connectivity index is 1.57. The number of benzene rings is 1. The molecule has 31 heavy (non-hydrogen) atoms. The second kappa shape index (κ2) is 11.7. The van der Waals surface area contributed by atoms with E-state index in [2.05, 4.69) is 74.5 Å². The fraction of sp³-hybridized carbons (Fsp3) is 0.538. The Kier molecular flexibility index (Phi) is 8.39. The molecule has 1 aromatic carbocycles. The number of pyridine rings is 1. The molecule has 0 unspecified atom stereocenters. The van der Waals surface area contributed by atoms with Gasteiger partial charge >= 0.3 is 0 Å². The molecule has 2 aliphatic carbocycles. The van der Waals surface area contributed by atoms with Gasteiger partial charge in [0.05, 0.1) is 6.04 Å². The van der Waals surface area contributed by atoms with E-state index in [0.717, 1.165) is 24.4 Å². The zero-order chi connectivity index (χ0) is 21.3. The normalized spacial score (nSPS) is 19.5. The molecule has 5 heteroatoms. The fourth-order valence-corrected chi connectivity index (χ4v) is 5.20. The van der Waals surface area contributed by atoms with E-state index < -0.39 is 0 Å². The minimum absolute atomic E-state index is 0.418. The van der Waals surface area contributed by atoms with E-state index in [0.29, 0.717) is 12.1 Å². The standard InChI is InChI=1S/C26H35BrN4/c27-24-16-8-7-11-21(24)18-20-31-19-10-9-17-25(31)30-26(28-22-12-3-1-4-13-22)29-23-14-5-2-6-15-23/h7-11,16-17,19,22-23H,1-6,12-15,18,20H2,(H,28,29)/b30-25+. The Labute approximate surface area is 195 Å². The molecule has 0 atom stereocenters. The highest BCUT2D eigenvalue weighted by Gasteiger charge is 2.17. The number of nitrogens with zero attached hydrogens (tertiary/aromatic N) is 3. The summed E-state index contributed by atoms with van der Waals surface area (Å²) < 4.78 is 3.42. The van der Waals surface area contributed by atoms with Crippen molar-refractivity contribution in [3.05, 3.63) is 64.2 Å². The van der Waals surface area contributed by atoms with Crippen molar-refractivity contribution in [1.82, 2.24) is 9.88 Å². The summed E-state index contributed by atoms with van der Waals surface area (Å²) in [5.74, 6) is 0.847. The molecule has 1 N–H and O–H groups in total. The molecule has 0 bridgehead atoms. The third kappa shape index (κ3) is 6.80. The van der Waals surface area contributed by atoms with E-state index in [9.17, 15) is 0 Å². The van der Waals surface area contributed by atoms with Crippen molar-refractivity contribution in [1.29, 1.82) is 0 Å². The van der Waals surface area contributed by atoms with Crippen LogP contribution in [0.25, 0.3) is 0 Å². The van der Waals surface area contributed by atoms with E-state index in [1.165, 1.54) is 74.2 Å². The van der Waals surface area contributed by atoms with Crippen LogP contribution in [0.1, 0.15) is 69.8 Å². The summed E-state index contributed by atoms with van der Waals surface area (Å²) in [6, 6.07) is 15.7. The van der Waals surface area contributed by atoms with Crippen molar-refractivity contribution in [2.24, 2.45) is 9.98 Å². The summed E-state index contributed by atoms with van der Waals surface area (Å²) in [6.45, 7) is 0.891. The van der Waals surface area contributed by atoms with E-state index in [-0.39, 0.29) is 0 Å². The number of halogens is 1. The van der Waals surface area contributed by atoms with Gasteiger partial charge < -0.3 is 9.88 Å². The van der Waals surface area contributed by atoms with Crippen LogP contribution in [0.2, 0.25) is 0 Å². The van der Waals surface area contributed by atoms with Gasteiger partial charge in [0, 0.05) is 23.3 Å². The number of aromatic nitrogens is 1. The Hall–Kier alpha value is -1.88. The third-order valence-electron chi connectivity index (χ3n) is 6.53. The Morgan fingerprint density at radius 2 is 1.61 bits per heavy atom. The molecule has 0 aliphatic heterocycles. The van der Waals surface area contributed by atoms with Gasteiger partial charge in [0.1, 0.15) is 5.49 Å². The third-order valence-corrected chi connectivity index (χ3v) is 7.31. The minimum Gasteiger partial charge on any atom is -0.352 e. The first-order chi connectivity index (χ1) is 15.3. The predicted octanol–water partition coefficient (Wildman–Crippen LogP) is 6.01. The highest BCUT2D eigenvalue weighted by atomic mass is 79.9. The van der Waals surface area contributed by atoms with Crippen LogP contribution in [0.3, 0.4) is 0 Å². The van der Waals surface area contributed by atoms with Crippen molar-refractivity contribution >= 4 is 21.9 Å². The largest absolute Gasteiger partial charge is 0.352 e. The van der Waals surface area contributed by atoms with Crippen LogP contribution in [0, 0.1) is 0 Å². The van der Waals surface area contributed by atoms with Crippen LogP contribution in [0.15, 0.2) is 63.1 Å². The molecule has 1 aromatic heterocycles. The fourth-order valence-electron chi connectivity index (χ4n) is 4.72. The lowest BCUT2D eigenvalue weighted by molar-refractivity contribution is 0.407. The molecule has 166 valence electrons. The highest BCUT2D eigenvalue weighted by Crippen LogP contribution is 2.21. The minimum atomic E-state index is 0.418. The number of nitrogens with one attached hydrogen (secondary N) is 1. The number of rotatable bonds is 5. The lowest BCUT2D eigenvalue weighted by atomic mass is 9.95. The highest BCUT2D eigenvalue weighted by molar-refractivity contribution is 9.10. The summed E-state index contributed by atoms with van der Waals surface area (Å²) in [5.41, 5.74) is 2.30. The predicted molar refractivity (Wildman–Crippen MR) is 132 cm³/mol. The van der Waals surface area contributed by atoms with Crippen molar-refractivity contribution in [3.8, 4) is 0 Å². The van der Waals surface area contributed by atoms with Crippen LogP contribution in [0.5, 0.6) is 0 Å². The summed E-state index contributed by atoms with van der Waals surface area (Å²) in [5, 5.41) is 3.72. The maximum Gasteiger partial charge on any atom is 0.220 e. The van der Waals surface area contributed by atoms with Crippen molar-refractivity contribution in [3.63, 3.8) is 0 Å². The van der Waals surface area contributed by atoms with Crippen molar-refractivity contribution in [2.45, 2.75) is 89.3 Å². The second-order valence-corrected chi connectivity index (χ2v) is 9.78. The molecule has 2 saturated carbocycles. The molecule has 0 saturated heterocycles. The second-order valence-electron chi connectivity index (χ2n) is 8.93. The van der Waals surface area contributed by atoms with Crippen LogP contribution < -0.4 is 10.8 Å². The molecule has 2 fully saturated rings. The van der Waals surface area contributed by atoms with Crippen LogP contribution in [0.4, 0.5) is 0 Å². The molecular formula is C26H35BrN4. The average molecular weight is 483 g/mol. The molecular weight excluding hydrogens is 448 g/mol. The summed E-state index contributed by atoms with van der Waals surface area (Å²) in [6.07, 6.45) is 15.9. The maximum atomic E-state index is 5.12. The van der Waals surface area contributed by atoms with Crippen molar-refractivity contribution < 1.29 is 0 Å². The first-order valence-electron chi connectivity index (χ1n) is 12.1. The quantitative estimate of drug-likeness (QED) is 0.411. The average Bonchev–Trinajstić information content (AvgIpc) is 2.81. The molecule has 1 heterocycles. The Bertz CT molecular complexity index is 921. The van der Waals surface area contributed by atoms with E-state index in [4.69, 9.17) is 9.98 Å². The van der Waals surface area contributed by atoms with Gasteiger partial charge in [-0.05, 0) is 55.9 Å². The topological polar surface area (TPSA) is 41.7 Å². The van der Waals surface area contributed by atoms with Gasteiger partial charge in [-0.2, -0.15) is 4.99 Å². The van der Waals surface area contributed by atoms with Gasteiger partial charge in [0.15, 0.2) is 0 Å². The van der Waals surface area contributed by atoms with Crippen molar-refractivity contribution in [2.75, 3.05) is 0 Å². The molecule has 0 spiro atoms. The molecule has 0 radical (unpaired) electrons. The number of aliphatic imine (C=N–C) groups is 1. The smallest absolute Gasteiger partial charge is 0.220 e. The van der Waals surface area contributed by atoms with E-state index in [1.807, 2.05) is 0 Å². The molecule has 0 amide bonds. The number of aryl methyl sites for hydroxylation is 2. The number of hydrogen-bond acceptors (Lipinski definition) is 1. The van der Waals surface area contributed by atoms with Gasteiger partial charge in [-0.25, -0.2) is 4.99 Å². The lowest BCUT2D eigenvalue weighted by Crippen LogP contribution is -2.38. The zero-order valence-corrected chi connectivity index (χ0v) is 20.1. The lowest BCUT2D eigenvalue weighted by Gasteiger charge is -2.25. The zero-order valence-electron chi connectivity index (χ0n) is 18.5. The molecule has 2 aliphatic rings. The Morgan fingerprint density at radius 3 is 2.39 bits per heavy atom. The first kappa shape index (κ1) is 22.3. The van der Waals surface area contributed by atoms with Gasteiger partial charge in [-0.1, -0.05) is 78.7 Å². The van der Waals surface area contributed by atoms with Gasteiger partial charge in [-0.15, -0.1) is 0 Å². The van der Waals surface area contributed by atoms with Crippen LogP contribution in [-0.4, -0.2) is 22.6 Å². The first-order valence-corrected chi connectivity index (χ1v) is 12.9. The van der Waals surface area contributed by atoms with Crippen LogP contribution in [-0.2, 0) is 13.0 Å². The summed E-state index contributed by atoms with van der Waals surface area (Å²) in [4.78, 5) is 10.2. The molecule has 2 aromatic rings. The summed E-state index contributed by atoms with van der Waals surface area (Å²) in [7, 11) is 0. The molecule has 4 nitrogen and oxygen atoms in total. The number of hydrogen-bond donors (Lipinski definition) is 1. The van der Waals surface area contributed by atoms with Gasteiger partial charge in [0.2, 0.25) is 5.96 Å². The van der Waals surface area contributed by atoms with E-state index in [1.54, 1.807) is 0 Å². The number of guanidine groups is 1. The SMILES string of the molecule is Brc1ccccc1CCn1cccc/c1=N\C(=NC1CCCCC1)NC1CCCCC1. The monoisotopic (exact) mass is 482 g/mol. The summed E-state index contributed by atoms with van der Waals surface area (Å²) >= 11 is 3.68. The van der Waals surface area contributed by atoms with Gasteiger partial charge in [0.25, 0.3) is 0 Å². The van der Waals surface area contributed by atoms with Gasteiger partial charge in [-0.3, -0.25) is 0 Å². The Morgan fingerprint density at radius 1 is 0.903 bits per heavy atom. The molecule has 4 rings (SSSR count). The van der Waals surface area contributed by atoms with Crippen LogP contribution >= 0.6 is 15.9 Å². The van der Waals surface area contributed by atoms with E-state index >= 15 is 0 Å². The maximum absolute atomic E-state index is 5.12.